The number of Topliss-reactive ketones (excluding diaryl/α,β-unsaturated/α-hetero) is 1. The smallest absolute Gasteiger partial charge is 0.326 e. The highest BCUT2D eigenvalue weighted by Crippen LogP contribution is 2.31. The number of nitrogens with zero attached hydrogens (tertiary/aromatic N) is 2. The first-order valence-corrected chi connectivity index (χ1v) is 15.1. The molecule has 5 unspecified atom stereocenters. The standard InChI is InChI=1S/C33H42N4O6/c1-2-26(38)17-24-19-29(32(41)36-15-9-14-28(36)33(42)43)37(21-24)31(40)27(18-23-12-7-4-8-13-23)35-30(39)20-25(34)16-22-10-5-3-6-11-22/h3-8,10-13,24-25,27-29H,2,9,14-21,34H2,1H3,(H,35,39)(H,42,43). The first kappa shape index (κ1) is 31.9. The summed E-state index contributed by atoms with van der Waals surface area (Å²) in [7, 11) is 0. The van der Waals surface area contributed by atoms with Crippen LogP contribution in [0.5, 0.6) is 0 Å². The Kier molecular flexibility index (Phi) is 11.1. The molecule has 0 radical (unpaired) electrons. The van der Waals surface area contributed by atoms with E-state index in [1.807, 2.05) is 60.7 Å². The van der Waals surface area contributed by atoms with Gasteiger partial charge in [-0.05, 0) is 42.7 Å². The van der Waals surface area contributed by atoms with Crippen molar-refractivity contribution in [3.05, 3.63) is 71.8 Å². The minimum Gasteiger partial charge on any atom is -0.480 e. The fourth-order valence-electron chi connectivity index (χ4n) is 6.22. The molecule has 5 atom stereocenters. The second kappa shape index (κ2) is 14.9. The van der Waals surface area contributed by atoms with Gasteiger partial charge in [-0.1, -0.05) is 67.6 Å². The average molecular weight is 591 g/mol. The second-order valence-corrected chi connectivity index (χ2v) is 11.7. The van der Waals surface area contributed by atoms with Gasteiger partial charge in [0.1, 0.15) is 23.9 Å². The van der Waals surface area contributed by atoms with Gasteiger partial charge in [0.05, 0.1) is 0 Å². The molecule has 0 saturated carbocycles. The molecule has 43 heavy (non-hydrogen) atoms. The number of ketones is 1. The number of carboxylic acid groups (broad SMARTS) is 1. The third kappa shape index (κ3) is 8.50. The summed E-state index contributed by atoms with van der Waals surface area (Å²) in [5, 5.41) is 12.6. The van der Waals surface area contributed by atoms with Crippen LogP contribution in [-0.2, 0) is 36.8 Å². The minimum absolute atomic E-state index is 0.0114. The summed E-state index contributed by atoms with van der Waals surface area (Å²) in [5.41, 5.74) is 8.13. The Morgan fingerprint density at radius 2 is 1.56 bits per heavy atom. The summed E-state index contributed by atoms with van der Waals surface area (Å²) in [4.78, 5) is 68.2. The summed E-state index contributed by atoms with van der Waals surface area (Å²) < 4.78 is 0. The number of rotatable bonds is 13. The van der Waals surface area contributed by atoms with Crippen molar-refractivity contribution in [1.82, 2.24) is 15.1 Å². The lowest BCUT2D eigenvalue weighted by Crippen LogP contribution is -2.56. The van der Waals surface area contributed by atoms with E-state index in [1.54, 1.807) is 6.92 Å². The third-order valence-electron chi connectivity index (χ3n) is 8.39. The maximum Gasteiger partial charge on any atom is 0.326 e. The van der Waals surface area contributed by atoms with E-state index in [1.165, 1.54) is 9.80 Å². The number of carbonyl (C=O) groups excluding carboxylic acids is 4. The highest BCUT2D eigenvalue weighted by molar-refractivity contribution is 5.94. The van der Waals surface area contributed by atoms with E-state index in [0.717, 1.165) is 11.1 Å². The molecule has 2 aromatic rings. The number of aliphatic carboxylic acids is 1. The molecule has 0 aliphatic carbocycles. The highest BCUT2D eigenvalue weighted by atomic mass is 16.4. The zero-order chi connectivity index (χ0) is 30.9. The van der Waals surface area contributed by atoms with Crippen molar-refractivity contribution in [3.63, 3.8) is 0 Å². The molecule has 2 aliphatic rings. The van der Waals surface area contributed by atoms with Crippen LogP contribution in [-0.4, -0.2) is 81.6 Å². The van der Waals surface area contributed by atoms with E-state index >= 15 is 0 Å². The van der Waals surface area contributed by atoms with E-state index in [4.69, 9.17) is 5.73 Å². The number of carbonyl (C=O) groups is 5. The number of likely N-dealkylation sites (tertiary alicyclic amines) is 2. The Bertz CT molecular complexity index is 1290. The van der Waals surface area contributed by atoms with Crippen LogP contribution in [0.4, 0.5) is 0 Å². The molecule has 10 heteroatoms. The van der Waals surface area contributed by atoms with Crippen LogP contribution in [0.3, 0.4) is 0 Å². The van der Waals surface area contributed by atoms with Crippen LogP contribution in [0, 0.1) is 5.92 Å². The molecule has 2 saturated heterocycles. The fourth-order valence-corrected chi connectivity index (χ4v) is 6.22. The molecule has 10 nitrogen and oxygen atoms in total. The number of nitrogens with one attached hydrogen (secondary N) is 1. The average Bonchev–Trinajstić information content (AvgIpc) is 3.65. The van der Waals surface area contributed by atoms with E-state index < -0.39 is 42.0 Å². The fraction of sp³-hybridized carbons (Fsp3) is 0.485. The lowest BCUT2D eigenvalue weighted by atomic mass is 9.98. The number of hydrogen-bond donors (Lipinski definition) is 3. The lowest BCUT2D eigenvalue weighted by molar-refractivity contribution is -0.152. The molecule has 2 heterocycles. The van der Waals surface area contributed by atoms with Crippen molar-refractivity contribution < 1.29 is 29.1 Å². The van der Waals surface area contributed by atoms with E-state index in [0.29, 0.717) is 32.2 Å². The molecule has 2 aliphatic heterocycles. The number of benzene rings is 2. The van der Waals surface area contributed by atoms with Crippen molar-refractivity contribution in [2.75, 3.05) is 13.1 Å². The molecule has 230 valence electrons. The van der Waals surface area contributed by atoms with Gasteiger partial charge in [0.15, 0.2) is 0 Å². The predicted octanol–water partition coefficient (Wildman–Crippen LogP) is 2.34. The van der Waals surface area contributed by atoms with Crippen LogP contribution in [0.1, 0.15) is 56.6 Å². The van der Waals surface area contributed by atoms with Gasteiger partial charge < -0.3 is 26.0 Å². The van der Waals surface area contributed by atoms with E-state index in [2.05, 4.69) is 5.32 Å². The van der Waals surface area contributed by atoms with Crippen LogP contribution in [0.15, 0.2) is 60.7 Å². The Hall–Kier alpha value is -4.05. The van der Waals surface area contributed by atoms with Crippen molar-refractivity contribution in [2.45, 2.75) is 82.5 Å². The van der Waals surface area contributed by atoms with Gasteiger partial charge >= 0.3 is 5.97 Å². The first-order valence-electron chi connectivity index (χ1n) is 15.1. The zero-order valence-corrected chi connectivity index (χ0v) is 24.7. The number of amides is 3. The number of hydrogen-bond acceptors (Lipinski definition) is 6. The molecule has 0 aromatic heterocycles. The van der Waals surface area contributed by atoms with E-state index in [-0.39, 0.29) is 49.8 Å². The summed E-state index contributed by atoms with van der Waals surface area (Å²) in [6.07, 6.45) is 2.50. The molecule has 4 rings (SSSR count). The molecule has 4 N–H and O–H groups in total. The van der Waals surface area contributed by atoms with Gasteiger partial charge in [-0.15, -0.1) is 0 Å². The molecule has 0 spiro atoms. The number of carboxylic acids is 1. The van der Waals surface area contributed by atoms with Crippen LogP contribution in [0.25, 0.3) is 0 Å². The van der Waals surface area contributed by atoms with Gasteiger partial charge in [0, 0.05) is 44.8 Å². The summed E-state index contributed by atoms with van der Waals surface area (Å²) in [6.45, 7) is 2.26. The Balaban J connectivity index is 1.55. The van der Waals surface area contributed by atoms with Gasteiger partial charge in [-0.3, -0.25) is 19.2 Å². The molecule has 2 fully saturated rings. The van der Waals surface area contributed by atoms with Crippen molar-refractivity contribution >= 4 is 29.5 Å². The van der Waals surface area contributed by atoms with Crippen LogP contribution < -0.4 is 11.1 Å². The first-order chi connectivity index (χ1) is 20.7. The van der Waals surface area contributed by atoms with Crippen molar-refractivity contribution in [1.29, 1.82) is 0 Å². The quantitative estimate of drug-likeness (QED) is 0.324. The normalized spacial score (nSPS) is 21.3. The summed E-state index contributed by atoms with van der Waals surface area (Å²) >= 11 is 0. The Morgan fingerprint density at radius 1 is 0.930 bits per heavy atom. The zero-order valence-electron chi connectivity index (χ0n) is 24.7. The molecule has 3 amide bonds. The summed E-state index contributed by atoms with van der Waals surface area (Å²) in [6, 6.07) is 15.6. The van der Waals surface area contributed by atoms with Gasteiger partial charge in [0.2, 0.25) is 17.7 Å². The maximum atomic E-state index is 14.2. The lowest BCUT2D eigenvalue weighted by Gasteiger charge is -2.32. The second-order valence-electron chi connectivity index (χ2n) is 11.7. The molecular weight excluding hydrogens is 548 g/mol. The highest BCUT2D eigenvalue weighted by Gasteiger charge is 2.46. The van der Waals surface area contributed by atoms with E-state index in [9.17, 15) is 29.1 Å². The maximum absolute atomic E-state index is 14.2. The third-order valence-corrected chi connectivity index (χ3v) is 8.39. The SMILES string of the molecule is CCC(=O)CC1CC(C(=O)N2CCCC2C(=O)O)N(C(=O)C(Cc2ccccc2)NC(=O)CC(N)Cc2ccccc2)C1. The molecule has 2 aromatic carbocycles. The Morgan fingerprint density at radius 3 is 2.16 bits per heavy atom. The van der Waals surface area contributed by atoms with Gasteiger partial charge in [0.25, 0.3) is 0 Å². The predicted molar refractivity (Wildman–Crippen MR) is 161 cm³/mol. The monoisotopic (exact) mass is 590 g/mol. The van der Waals surface area contributed by atoms with Crippen LogP contribution >= 0.6 is 0 Å². The minimum atomic E-state index is -1.07. The Labute approximate surface area is 252 Å². The van der Waals surface area contributed by atoms with Crippen LogP contribution in [0.2, 0.25) is 0 Å². The van der Waals surface area contributed by atoms with Crippen molar-refractivity contribution in [2.24, 2.45) is 11.7 Å². The summed E-state index contributed by atoms with van der Waals surface area (Å²) in [5.74, 6) is -2.48. The number of nitrogens with two attached hydrogens (primary N) is 1. The van der Waals surface area contributed by atoms with Gasteiger partial charge in [-0.25, -0.2) is 4.79 Å². The molecular formula is C33H42N4O6. The topological polar surface area (TPSA) is 150 Å². The largest absolute Gasteiger partial charge is 0.480 e. The van der Waals surface area contributed by atoms with Gasteiger partial charge in [-0.2, -0.15) is 0 Å². The van der Waals surface area contributed by atoms with Crippen molar-refractivity contribution in [3.8, 4) is 0 Å². The molecule has 0 bridgehead atoms.